The summed E-state index contributed by atoms with van der Waals surface area (Å²) in [5, 5.41) is 7.67. The maximum Gasteiger partial charge on any atom is 0.255 e. The molecule has 2 N–H and O–H groups in total. The zero-order valence-electron chi connectivity index (χ0n) is 21.5. The second kappa shape index (κ2) is 11.6. The summed E-state index contributed by atoms with van der Waals surface area (Å²) in [5.41, 5.74) is 3.62. The Morgan fingerprint density at radius 2 is 2.08 bits per heavy atom. The molecule has 2 aromatic rings. The first-order valence-electron chi connectivity index (χ1n) is 12.0. The summed E-state index contributed by atoms with van der Waals surface area (Å²) in [7, 11) is 3.71. The number of nitrogens with zero attached hydrogens (tertiary/aromatic N) is 4. The van der Waals surface area contributed by atoms with E-state index in [9.17, 15) is 14.4 Å². The van der Waals surface area contributed by atoms with Gasteiger partial charge in [-0.15, -0.1) is 0 Å². The van der Waals surface area contributed by atoms with Crippen molar-refractivity contribution in [1.29, 1.82) is 0 Å². The Kier molecular flexibility index (Phi) is 8.46. The number of allylic oxidation sites excluding steroid dienone is 1. The lowest BCUT2D eigenvalue weighted by molar-refractivity contribution is -0.135. The highest BCUT2D eigenvalue weighted by Crippen LogP contribution is 2.41. The molecule has 2 aliphatic rings. The number of carbonyl (C=O) groups excluding carboxylic acids is 3. The van der Waals surface area contributed by atoms with Crippen LogP contribution in [0.2, 0.25) is 0 Å². The molecule has 4 rings (SSSR count). The molecule has 1 aliphatic carbocycles. The molecule has 0 saturated heterocycles. The summed E-state index contributed by atoms with van der Waals surface area (Å²) < 4.78 is 6.16. The number of imide groups is 1. The number of benzene rings is 1. The standard InChI is InChI=1S/C26H32N6O3S2/c1-5-24(37-29-26(2)8-9-26)36-23(11-22(34)32(17-33)16-19-12-28-31(4)15-19)30(3)14-18-6-7-21-20(10-18)13-27-25(21)35/h5-7,10-12,15,17,29H,8-9,13-14,16H2,1-4H3,(H,27,35)/b23-11+,24-5+. The van der Waals surface area contributed by atoms with Crippen LogP contribution in [0, 0.1) is 0 Å². The maximum absolute atomic E-state index is 13.2. The van der Waals surface area contributed by atoms with E-state index < -0.39 is 5.91 Å². The van der Waals surface area contributed by atoms with E-state index in [1.165, 1.54) is 17.8 Å². The van der Waals surface area contributed by atoms with Crippen molar-refractivity contribution in [3.8, 4) is 0 Å². The van der Waals surface area contributed by atoms with Crippen molar-refractivity contribution in [2.75, 3.05) is 7.05 Å². The number of nitrogens with one attached hydrogen (secondary N) is 2. The average molecular weight is 541 g/mol. The van der Waals surface area contributed by atoms with Gasteiger partial charge in [0, 0.05) is 56.1 Å². The number of aromatic nitrogens is 2. The van der Waals surface area contributed by atoms with Crippen molar-refractivity contribution < 1.29 is 14.4 Å². The summed E-state index contributed by atoms with van der Waals surface area (Å²) in [6.07, 6.45) is 9.78. The van der Waals surface area contributed by atoms with Crippen molar-refractivity contribution in [2.45, 2.75) is 51.9 Å². The van der Waals surface area contributed by atoms with Gasteiger partial charge in [0.1, 0.15) is 0 Å². The third kappa shape index (κ3) is 7.06. The number of fused-ring (bicyclic) bond motifs is 1. The van der Waals surface area contributed by atoms with Crippen LogP contribution in [0.5, 0.6) is 0 Å². The highest BCUT2D eigenvalue weighted by atomic mass is 32.2. The molecule has 37 heavy (non-hydrogen) atoms. The Hall–Kier alpha value is -3.02. The van der Waals surface area contributed by atoms with Gasteiger partial charge in [-0.25, -0.2) is 0 Å². The summed E-state index contributed by atoms with van der Waals surface area (Å²) in [6, 6.07) is 5.80. The van der Waals surface area contributed by atoms with Crippen LogP contribution in [-0.2, 0) is 36.3 Å². The Morgan fingerprint density at radius 3 is 2.73 bits per heavy atom. The molecule has 0 spiro atoms. The fourth-order valence-electron chi connectivity index (χ4n) is 3.76. The molecule has 0 atom stereocenters. The number of hydrogen-bond acceptors (Lipinski definition) is 8. The van der Waals surface area contributed by atoms with Gasteiger partial charge in [0.05, 0.1) is 22.0 Å². The zero-order chi connectivity index (χ0) is 26.6. The van der Waals surface area contributed by atoms with Gasteiger partial charge >= 0.3 is 0 Å². The van der Waals surface area contributed by atoms with Gasteiger partial charge in [0.25, 0.3) is 11.8 Å². The Labute approximate surface area is 225 Å². The molecule has 1 fully saturated rings. The normalized spacial score (nSPS) is 16.3. The van der Waals surface area contributed by atoms with Gasteiger partial charge < -0.3 is 10.2 Å². The third-order valence-electron chi connectivity index (χ3n) is 6.26. The van der Waals surface area contributed by atoms with Crippen LogP contribution < -0.4 is 10.0 Å². The Balaban J connectivity index is 1.53. The first kappa shape index (κ1) is 27.0. The van der Waals surface area contributed by atoms with Crippen molar-refractivity contribution in [2.24, 2.45) is 7.05 Å². The molecule has 196 valence electrons. The fraction of sp³-hybridized carbons (Fsp3) is 0.385. The molecule has 9 nitrogen and oxygen atoms in total. The largest absolute Gasteiger partial charge is 0.365 e. The first-order valence-corrected chi connectivity index (χ1v) is 13.7. The summed E-state index contributed by atoms with van der Waals surface area (Å²) in [5.74, 6) is -0.453. The van der Waals surface area contributed by atoms with Crippen molar-refractivity contribution in [1.82, 2.24) is 29.6 Å². The van der Waals surface area contributed by atoms with Crippen molar-refractivity contribution >= 4 is 41.9 Å². The van der Waals surface area contributed by atoms with Crippen molar-refractivity contribution in [3.05, 3.63) is 74.3 Å². The number of rotatable bonds is 12. The van der Waals surface area contributed by atoms with Gasteiger partial charge in [0.15, 0.2) is 0 Å². The molecule has 3 amide bonds. The van der Waals surface area contributed by atoms with E-state index in [0.29, 0.717) is 30.1 Å². The molecule has 0 bridgehead atoms. The molecule has 0 unspecified atom stereocenters. The summed E-state index contributed by atoms with van der Waals surface area (Å²) >= 11 is 3.04. The second-order valence-electron chi connectivity index (χ2n) is 9.58. The second-order valence-corrected chi connectivity index (χ2v) is 11.7. The average Bonchev–Trinajstić information content (AvgIpc) is 3.29. The van der Waals surface area contributed by atoms with E-state index in [4.69, 9.17) is 0 Å². The number of aryl methyl sites for hydroxylation is 1. The molecule has 1 aliphatic heterocycles. The van der Waals surface area contributed by atoms with Gasteiger partial charge in [-0.2, -0.15) is 5.10 Å². The molecule has 0 radical (unpaired) electrons. The molecular formula is C26H32N6O3S2. The van der Waals surface area contributed by atoms with E-state index in [-0.39, 0.29) is 18.0 Å². The first-order chi connectivity index (χ1) is 17.7. The fourth-order valence-corrected chi connectivity index (χ4v) is 5.68. The Bertz CT molecular complexity index is 1250. The van der Waals surface area contributed by atoms with Crippen LogP contribution in [0.3, 0.4) is 0 Å². The van der Waals surface area contributed by atoms with Crippen LogP contribution in [0.25, 0.3) is 0 Å². The van der Waals surface area contributed by atoms with Gasteiger partial charge in [-0.1, -0.05) is 30.0 Å². The van der Waals surface area contributed by atoms with E-state index in [1.807, 2.05) is 43.1 Å². The van der Waals surface area contributed by atoms with Crippen LogP contribution >= 0.6 is 23.7 Å². The minimum atomic E-state index is -0.403. The van der Waals surface area contributed by atoms with Gasteiger partial charge in [-0.3, -0.25) is 28.7 Å². The SMILES string of the molecule is C/C=C(/SNC1(C)CC1)S/C(=C/C(=O)N(C=O)Cc1cnn(C)c1)N(C)Cc1ccc2c(c1)CNC2=O. The lowest BCUT2D eigenvalue weighted by atomic mass is 10.1. The number of thioether (sulfide) groups is 1. The maximum atomic E-state index is 13.2. The van der Waals surface area contributed by atoms with E-state index >= 15 is 0 Å². The highest BCUT2D eigenvalue weighted by molar-refractivity contribution is 8.23. The van der Waals surface area contributed by atoms with Gasteiger partial charge in [0.2, 0.25) is 6.41 Å². The van der Waals surface area contributed by atoms with E-state index in [2.05, 4.69) is 22.1 Å². The predicted molar refractivity (Wildman–Crippen MR) is 147 cm³/mol. The highest BCUT2D eigenvalue weighted by Gasteiger charge is 2.37. The molecule has 1 aromatic heterocycles. The third-order valence-corrected chi connectivity index (χ3v) is 8.86. The molecule has 1 aromatic carbocycles. The lowest BCUT2D eigenvalue weighted by Crippen LogP contribution is -2.28. The Morgan fingerprint density at radius 1 is 1.30 bits per heavy atom. The van der Waals surface area contributed by atoms with Crippen LogP contribution in [0.15, 0.2) is 52.0 Å². The zero-order valence-corrected chi connectivity index (χ0v) is 23.1. The summed E-state index contributed by atoms with van der Waals surface area (Å²) in [6.45, 7) is 5.36. The topological polar surface area (TPSA) is 99.6 Å². The molecule has 2 heterocycles. The number of carbonyl (C=O) groups is 3. The van der Waals surface area contributed by atoms with Crippen LogP contribution in [-0.4, -0.2) is 50.4 Å². The molecule has 11 heteroatoms. The van der Waals surface area contributed by atoms with Crippen molar-refractivity contribution in [3.63, 3.8) is 0 Å². The van der Waals surface area contributed by atoms with Crippen LogP contribution in [0.4, 0.5) is 0 Å². The lowest BCUT2D eigenvalue weighted by Gasteiger charge is -2.24. The van der Waals surface area contributed by atoms with Gasteiger partial charge in [-0.05, 0) is 55.8 Å². The molecule has 1 saturated carbocycles. The quantitative estimate of drug-likeness (QED) is 0.240. The van der Waals surface area contributed by atoms with E-state index in [0.717, 1.165) is 38.7 Å². The smallest absolute Gasteiger partial charge is 0.255 e. The monoisotopic (exact) mass is 540 g/mol. The minimum absolute atomic E-state index is 0.0502. The minimum Gasteiger partial charge on any atom is -0.365 e. The number of amides is 3. The summed E-state index contributed by atoms with van der Waals surface area (Å²) in [4.78, 5) is 40.1. The number of hydrogen-bond donors (Lipinski definition) is 2. The van der Waals surface area contributed by atoms with E-state index in [1.54, 1.807) is 36.1 Å². The predicted octanol–water partition coefficient (Wildman–Crippen LogP) is 3.51. The van der Waals surface area contributed by atoms with Crippen LogP contribution in [0.1, 0.15) is 53.7 Å². The molecular weight excluding hydrogens is 508 g/mol.